The van der Waals surface area contributed by atoms with E-state index in [1.807, 2.05) is 6.92 Å². The molecule has 2 N–H and O–H groups in total. The Kier molecular flexibility index (Phi) is 4.54. The largest absolute Gasteiger partial charge is 0.480 e. The number of morpholine rings is 1. The molecule has 6 heteroatoms. The molecule has 1 aliphatic rings. The van der Waals surface area contributed by atoms with Crippen LogP contribution in [-0.2, 0) is 9.53 Å². The molecule has 1 heterocycles. The summed E-state index contributed by atoms with van der Waals surface area (Å²) in [5.41, 5.74) is 0. The third-order valence-corrected chi connectivity index (χ3v) is 2.53. The Morgan fingerprint density at radius 2 is 2.31 bits per heavy atom. The minimum Gasteiger partial charge on any atom is -0.480 e. The Labute approximate surface area is 94.6 Å². The highest BCUT2D eigenvalue weighted by molar-refractivity contribution is 5.82. The highest BCUT2D eigenvalue weighted by atomic mass is 16.5. The van der Waals surface area contributed by atoms with Crippen LogP contribution in [0.5, 0.6) is 0 Å². The monoisotopic (exact) mass is 230 g/mol. The number of rotatable bonds is 3. The van der Waals surface area contributed by atoms with Crippen LogP contribution in [0.4, 0.5) is 4.79 Å². The molecule has 1 rings (SSSR count). The molecule has 2 unspecified atom stereocenters. The van der Waals surface area contributed by atoms with Gasteiger partial charge in [-0.1, -0.05) is 6.92 Å². The molecule has 1 saturated heterocycles. The maximum Gasteiger partial charge on any atom is 0.326 e. The molecule has 0 aromatic rings. The van der Waals surface area contributed by atoms with Crippen LogP contribution in [0.15, 0.2) is 0 Å². The fourth-order valence-electron chi connectivity index (χ4n) is 1.58. The Morgan fingerprint density at radius 1 is 1.62 bits per heavy atom. The molecule has 0 radical (unpaired) electrons. The summed E-state index contributed by atoms with van der Waals surface area (Å²) in [5, 5.41) is 11.3. The molecule has 16 heavy (non-hydrogen) atoms. The van der Waals surface area contributed by atoms with Crippen molar-refractivity contribution in [2.75, 3.05) is 19.7 Å². The van der Waals surface area contributed by atoms with E-state index in [1.54, 1.807) is 11.8 Å². The molecule has 0 aromatic carbocycles. The molecule has 2 atom stereocenters. The molecule has 0 spiro atoms. The van der Waals surface area contributed by atoms with Crippen molar-refractivity contribution in [3.63, 3.8) is 0 Å². The lowest BCUT2D eigenvalue weighted by Gasteiger charge is -2.31. The van der Waals surface area contributed by atoms with Crippen molar-refractivity contribution < 1.29 is 19.4 Å². The lowest BCUT2D eigenvalue weighted by Crippen LogP contribution is -2.52. The van der Waals surface area contributed by atoms with Gasteiger partial charge < -0.3 is 20.1 Å². The van der Waals surface area contributed by atoms with Crippen LogP contribution < -0.4 is 5.32 Å². The summed E-state index contributed by atoms with van der Waals surface area (Å²) in [6, 6.07) is -1.14. The normalized spacial score (nSPS) is 22.6. The number of hydrogen-bond acceptors (Lipinski definition) is 3. The number of urea groups is 1. The zero-order valence-corrected chi connectivity index (χ0v) is 9.60. The molecule has 1 fully saturated rings. The van der Waals surface area contributed by atoms with Crippen LogP contribution in [-0.4, -0.2) is 53.8 Å². The molecule has 0 saturated carbocycles. The summed E-state index contributed by atoms with van der Waals surface area (Å²) in [7, 11) is 0. The number of carboxylic acids is 1. The number of ether oxygens (including phenoxy) is 1. The second-order valence-electron chi connectivity index (χ2n) is 3.88. The summed E-state index contributed by atoms with van der Waals surface area (Å²) in [6.07, 6.45) is 0.380. The Bertz CT molecular complexity index is 270. The van der Waals surface area contributed by atoms with E-state index < -0.39 is 12.0 Å². The first kappa shape index (κ1) is 12.8. The number of aliphatic carboxylic acids is 1. The van der Waals surface area contributed by atoms with E-state index in [4.69, 9.17) is 9.84 Å². The topological polar surface area (TPSA) is 78.9 Å². The highest BCUT2D eigenvalue weighted by Crippen LogP contribution is 2.05. The third-order valence-electron chi connectivity index (χ3n) is 2.53. The smallest absolute Gasteiger partial charge is 0.326 e. The minimum atomic E-state index is -1.00. The molecule has 0 aliphatic carbocycles. The number of carboxylic acid groups (broad SMARTS) is 1. The van der Waals surface area contributed by atoms with Crippen LogP contribution in [0.25, 0.3) is 0 Å². The fourth-order valence-corrected chi connectivity index (χ4v) is 1.58. The molecule has 2 amide bonds. The van der Waals surface area contributed by atoms with Crippen molar-refractivity contribution in [1.29, 1.82) is 0 Å². The summed E-state index contributed by atoms with van der Waals surface area (Å²) in [6.45, 7) is 5.11. The van der Waals surface area contributed by atoms with Gasteiger partial charge in [0.05, 0.1) is 12.7 Å². The second-order valence-corrected chi connectivity index (χ2v) is 3.88. The van der Waals surface area contributed by atoms with Crippen LogP contribution in [0.3, 0.4) is 0 Å². The van der Waals surface area contributed by atoms with Crippen molar-refractivity contribution in [3.8, 4) is 0 Å². The lowest BCUT2D eigenvalue weighted by molar-refractivity contribution is -0.139. The van der Waals surface area contributed by atoms with Crippen LogP contribution in [0.1, 0.15) is 20.3 Å². The molecular weight excluding hydrogens is 212 g/mol. The van der Waals surface area contributed by atoms with Gasteiger partial charge in [0.1, 0.15) is 6.04 Å². The first-order chi connectivity index (χ1) is 7.54. The van der Waals surface area contributed by atoms with Gasteiger partial charge >= 0.3 is 12.0 Å². The predicted molar refractivity (Wildman–Crippen MR) is 57.2 cm³/mol. The average molecular weight is 230 g/mol. The summed E-state index contributed by atoms with van der Waals surface area (Å²) in [4.78, 5) is 24.1. The lowest BCUT2D eigenvalue weighted by atomic mass is 10.2. The third kappa shape index (κ3) is 3.37. The highest BCUT2D eigenvalue weighted by Gasteiger charge is 2.25. The van der Waals surface area contributed by atoms with E-state index in [1.165, 1.54) is 0 Å². The van der Waals surface area contributed by atoms with Gasteiger partial charge in [-0.05, 0) is 13.3 Å². The standard InChI is InChI=1S/C10H18N2O4/c1-3-8(9(13)14)11-10(15)12-4-5-16-7(2)6-12/h7-8H,3-6H2,1-2H3,(H,11,15)(H,13,14). The van der Waals surface area contributed by atoms with Gasteiger partial charge in [0, 0.05) is 13.1 Å². The summed E-state index contributed by atoms with van der Waals surface area (Å²) in [5.74, 6) is -1.00. The predicted octanol–water partition coefficient (Wildman–Crippen LogP) is 0.280. The van der Waals surface area contributed by atoms with Crippen LogP contribution >= 0.6 is 0 Å². The Balaban J connectivity index is 2.47. The molecule has 92 valence electrons. The number of carbonyl (C=O) groups is 2. The van der Waals surface area contributed by atoms with Gasteiger partial charge in [0.15, 0.2) is 0 Å². The SMILES string of the molecule is CCC(NC(=O)N1CCOC(C)C1)C(=O)O. The van der Waals surface area contributed by atoms with Crippen molar-refractivity contribution in [2.24, 2.45) is 0 Å². The zero-order valence-electron chi connectivity index (χ0n) is 9.60. The Morgan fingerprint density at radius 3 is 2.81 bits per heavy atom. The van der Waals surface area contributed by atoms with Crippen molar-refractivity contribution in [1.82, 2.24) is 10.2 Å². The van der Waals surface area contributed by atoms with Gasteiger partial charge in [0.2, 0.25) is 0 Å². The maximum absolute atomic E-state index is 11.7. The van der Waals surface area contributed by atoms with Gasteiger partial charge in [-0.2, -0.15) is 0 Å². The number of carbonyl (C=O) groups excluding carboxylic acids is 1. The first-order valence-corrected chi connectivity index (χ1v) is 5.44. The molecular formula is C10H18N2O4. The van der Waals surface area contributed by atoms with E-state index in [0.717, 1.165) is 0 Å². The van der Waals surface area contributed by atoms with Crippen molar-refractivity contribution in [3.05, 3.63) is 0 Å². The van der Waals surface area contributed by atoms with Gasteiger partial charge in [-0.25, -0.2) is 9.59 Å². The van der Waals surface area contributed by atoms with E-state index >= 15 is 0 Å². The van der Waals surface area contributed by atoms with Crippen LogP contribution in [0, 0.1) is 0 Å². The molecule has 0 aromatic heterocycles. The van der Waals surface area contributed by atoms with Crippen LogP contribution in [0.2, 0.25) is 0 Å². The number of nitrogens with one attached hydrogen (secondary N) is 1. The van der Waals surface area contributed by atoms with E-state index in [0.29, 0.717) is 26.1 Å². The molecule has 1 aliphatic heterocycles. The first-order valence-electron chi connectivity index (χ1n) is 5.44. The van der Waals surface area contributed by atoms with Gasteiger partial charge in [-0.15, -0.1) is 0 Å². The average Bonchev–Trinajstić information content (AvgIpc) is 2.25. The van der Waals surface area contributed by atoms with Gasteiger partial charge in [0.25, 0.3) is 0 Å². The van der Waals surface area contributed by atoms with Gasteiger partial charge in [-0.3, -0.25) is 0 Å². The maximum atomic E-state index is 11.7. The number of amides is 2. The number of hydrogen-bond donors (Lipinski definition) is 2. The second kappa shape index (κ2) is 5.69. The summed E-state index contributed by atoms with van der Waals surface area (Å²) >= 11 is 0. The van der Waals surface area contributed by atoms with Crippen molar-refractivity contribution >= 4 is 12.0 Å². The van der Waals surface area contributed by atoms with E-state index in [2.05, 4.69) is 5.32 Å². The summed E-state index contributed by atoms with van der Waals surface area (Å²) < 4.78 is 5.30. The minimum absolute atomic E-state index is 0.00408. The fraction of sp³-hybridized carbons (Fsp3) is 0.800. The number of nitrogens with zero attached hydrogens (tertiary/aromatic N) is 1. The molecule has 6 nitrogen and oxygen atoms in total. The zero-order chi connectivity index (χ0) is 12.1. The quantitative estimate of drug-likeness (QED) is 0.730. The van der Waals surface area contributed by atoms with Crippen molar-refractivity contribution in [2.45, 2.75) is 32.4 Å². The van der Waals surface area contributed by atoms with E-state index in [9.17, 15) is 9.59 Å². The van der Waals surface area contributed by atoms with E-state index in [-0.39, 0.29) is 12.1 Å². The molecule has 0 bridgehead atoms. The Hall–Kier alpha value is -1.30.